The second kappa shape index (κ2) is 9.06. The van der Waals surface area contributed by atoms with Crippen molar-refractivity contribution >= 4 is 23.1 Å². The number of methoxy groups -OCH3 is 2. The van der Waals surface area contributed by atoms with Crippen molar-refractivity contribution in [3.05, 3.63) is 65.2 Å². The summed E-state index contributed by atoms with van der Waals surface area (Å²) in [7, 11) is 3.26. The lowest BCUT2D eigenvalue weighted by Crippen LogP contribution is -2.03. The topological polar surface area (TPSA) is 75.0 Å². The van der Waals surface area contributed by atoms with Crippen LogP contribution in [0.15, 0.2) is 59.1 Å². The van der Waals surface area contributed by atoms with Gasteiger partial charge in [-0.05, 0) is 34.2 Å². The normalized spacial score (nSPS) is 10.8. The Morgan fingerprint density at radius 3 is 2.66 bits per heavy atom. The summed E-state index contributed by atoms with van der Waals surface area (Å²) < 4.78 is 12.5. The lowest BCUT2D eigenvalue weighted by atomic mass is 10.2. The molecule has 7 nitrogen and oxygen atoms in total. The Morgan fingerprint density at radius 1 is 1.03 bits per heavy atom. The summed E-state index contributed by atoms with van der Waals surface area (Å²) >= 11 is 3.17. The van der Waals surface area contributed by atoms with Crippen LogP contribution in [0.5, 0.6) is 11.5 Å². The van der Waals surface area contributed by atoms with E-state index in [0.717, 1.165) is 27.0 Å². The summed E-state index contributed by atoms with van der Waals surface area (Å²) in [6.45, 7) is 0.643. The Morgan fingerprint density at radius 2 is 1.86 bits per heavy atom. The molecule has 4 aromatic rings. The van der Waals surface area contributed by atoms with Gasteiger partial charge >= 0.3 is 0 Å². The maximum Gasteiger partial charge on any atom is 0.210 e. The number of tetrazole rings is 1. The summed E-state index contributed by atoms with van der Waals surface area (Å²) in [6, 6.07) is 16.0. The van der Waals surface area contributed by atoms with Crippen LogP contribution in [-0.4, -0.2) is 39.4 Å². The Labute approximate surface area is 176 Å². The number of rotatable bonds is 8. The van der Waals surface area contributed by atoms with E-state index in [4.69, 9.17) is 14.5 Å². The standard InChI is InChI=1S/C20H19N5O2S2/c1-26-17-9-8-15(10-18(17)27-2)19-21-16(12-28-19)13-29-20-22-23-24-25(20)11-14-6-4-3-5-7-14/h3-10,12H,11,13H2,1-2H3. The molecule has 0 radical (unpaired) electrons. The Hall–Kier alpha value is -2.91. The molecule has 0 aliphatic heterocycles. The van der Waals surface area contributed by atoms with Crippen LogP contribution in [-0.2, 0) is 12.3 Å². The molecule has 0 unspecified atom stereocenters. The number of benzene rings is 2. The number of hydrogen-bond acceptors (Lipinski definition) is 8. The zero-order valence-electron chi connectivity index (χ0n) is 16.0. The number of thioether (sulfide) groups is 1. The van der Waals surface area contributed by atoms with E-state index in [0.29, 0.717) is 23.8 Å². The van der Waals surface area contributed by atoms with Gasteiger partial charge in [-0.15, -0.1) is 16.4 Å². The molecule has 9 heteroatoms. The van der Waals surface area contributed by atoms with Crippen molar-refractivity contribution in [3.63, 3.8) is 0 Å². The fourth-order valence-electron chi connectivity index (χ4n) is 2.77. The number of nitrogens with zero attached hydrogens (tertiary/aromatic N) is 5. The first-order valence-corrected chi connectivity index (χ1v) is 10.7. The molecule has 2 aromatic heterocycles. The molecule has 0 saturated heterocycles. The van der Waals surface area contributed by atoms with E-state index in [9.17, 15) is 0 Å². The molecule has 0 N–H and O–H groups in total. The summed E-state index contributed by atoms with van der Waals surface area (Å²) in [5.41, 5.74) is 3.14. The molecule has 0 aliphatic carbocycles. The highest BCUT2D eigenvalue weighted by Crippen LogP contribution is 2.34. The van der Waals surface area contributed by atoms with Gasteiger partial charge in [0.1, 0.15) is 5.01 Å². The largest absolute Gasteiger partial charge is 0.493 e. The van der Waals surface area contributed by atoms with Gasteiger partial charge in [0.15, 0.2) is 11.5 Å². The molecule has 2 aromatic carbocycles. The first-order chi connectivity index (χ1) is 14.3. The van der Waals surface area contributed by atoms with Crippen LogP contribution in [0.25, 0.3) is 10.6 Å². The number of ether oxygens (including phenoxy) is 2. The monoisotopic (exact) mass is 425 g/mol. The van der Waals surface area contributed by atoms with E-state index in [1.165, 1.54) is 0 Å². The van der Waals surface area contributed by atoms with Crippen LogP contribution in [0.2, 0.25) is 0 Å². The second-order valence-electron chi connectivity index (χ2n) is 6.11. The molecule has 0 atom stereocenters. The van der Waals surface area contributed by atoms with Crippen molar-refractivity contribution in [3.8, 4) is 22.1 Å². The quantitative estimate of drug-likeness (QED) is 0.393. The molecular formula is C20H19N5O2S2. The van der Waals surface area contributed by atoms with E-state index in [1.54, 1.807) is 37.3 Å². The summed E-state index contributed by atoms with van der Waals surface area (Å²) in [6.07, 6.45) is 0. The maximum atomic E-state index is 5.39. The predicted octanol–water partition coefficient (Wildman–Crippen LogP) is 4.15. The summed E-state index contributed by atoms with van der Waals surface area (Å²) in [4.78, 5) is 4.75. The molecule has 0 saturated carbocycles. The van der Waals surface area contributed by atoms with Crippen molar-refractivity contribution in [2.45, 2.75) is 17.5 Å². The van der Waals surface area contributed by atoms with Gasteiger partial charge in [0, 0.05) is 16.7 Å². The van der Waals surface area contributed by atoms with Gasteiger partial charge in [0.05, 0.1) is 26.5 Å². The number of thiazole rings is 1. The summed E-state index contributed by atoms with van der Waals surface area (Å²) in [5, 5.41) is 15.8. The zero-order valence-corrected chi connectivity index (χ0v) is 17.6. The average molecular weight is 426 g/mol. The zero-order chi connectivity index (χ0) is 20.1. The van der Waals surface area contributed by atoms with E-state index < -0.39 is 0 Å². The molecule has 0 amide bonds. The minimum atomic E-state index is 0.643. The number of hydrogen-bond donors (Lipinski definition) is 0. The summed E-state index contributed by atoms with van der Waals surface area (Å²) in [5.74, 6) is 2.09. The third kappa shape index (κ3) is 4.57. The van der Waals surface area contributed by atoms with Crippen molar-refractivity contribution < 1.29 is 9.47 Å². The van der Waals surface area contributed by atoms with Crippen LogP contribution in [0.4, 0.5) is 0 Å². The lowest BCUT2D eigenvalue weighted by Gasteiger charge is -2.08. The second-order valence-corrected chi connectivity index (χ2v) is 7.91. The maximum absolute atomic E-state index is 5.39. The van der Waals surface area contributed by atoms with Crippen LogP contribution in [0.1, 0.15) is 11.3 Å². The lowest BCUT2D eigenvalue weighted by molar-refractivity contribution is 0.355. The molecular weight excluding hydrogens is 406 g/mol. The van der Waals surface area contributed by atoms with Gasteiger partial charge < -0.3 is 9.47 Å². The first-order valence-electron chi connectivity index (χ1n) is 8.86. The average Bonchev–Trinajstić information content (AvgIpc) is 3.42. The van der Waals surface area contributed by atoms with Crippen molar-refractivity contribution in [2.75, 3.05) is 14.2 Å². The highest BCUT2D eigenvalue weighted by molar-refractivity contribution is 7.98. The van der Waals surface area contributed by atoms with E-state index >= 15 is 0 Å². The Balaban J connectivity index is 1.44. The molecule has 148 valence electrons. The Kier molecular flexibility index (Phi) is 6.06. The van der Waals surface area contributed by atoms with Crippen LogP contribution >= 0.6 is 23.1 Å². The van der Waals surface area contributed by atoms with Gasteiger partial charge in [-0.2, -0.15) is 0 Å². The van der Waals surface area contributed by atoms with Crippen LogP contribution in [0.3, 0.4) is 0 Å². The molecule has 4 rings (SSSR count). The fourth-order valence-corrected chi connectivity index (χ4v) is 4.46. The minimum Gasteiger partial charge on any atom is -0.493 e. The van der Waals surface area contributed by atoms with Crippen molar-refractivity contribution in [1.82, 2.24) is 25.2 Å². The van der Waals surface area contributed by atoms with Gasteiger partial charge in [-0.1, -0.05) is 42.1 Å². The third-order valence-corrected chi connectivity index (χ3v) is 6.14. The molecule has 0 aliphatic rings. The molecule has 0 bridgehead atoms. The Bertz CT molecular complexity index is 1080. The van der Waals surface area contributed by atoms with Crippen molar-refractivity contribution in [2.24, 2.45) is 0 Å². The highest BCUT2D eigenvalue weighted by Gasteiger charge is 2.12. The SMILES string of the molecule is COc1ccc(-c2nc(CSc3nnnn3Cc3ccccc3)cs2)cc1OC. The smallest absolute Gasteiger partial charge is 0.210 e. The third-order valence-electron chi connectivity index (χ3n) is 4.21. The molecule has 0 fully saturated rings. The first kappa shape index (κ1) is 19.4. The van der Waals surface area contributed by atoms with Crippen LogP contribution in [0, 0.1) is 0 Å². The van der Waals surface area contributed by atoms with Gasteiger partial charge in [0.2, 0.25) is 5.16 Å². The number of aromatic nitrogens is 5. The van der Waals surface area contributed by atoms with Gasteiger partial charge in [-0.3, -0.25) is 0 Å². The molecule has 2 heterocycles. The minimum absolute atomic E-state index is 0.643. The van der Waals surface area contributed by atoms with E-state index in [1.807, 2.05) is 41.1 Å². The van der Waals surface area contributed by atoms with E-state index in [2.05, 4.69) is 33.0 Å². The van der Waals surface area contributed by atoms with E-state index in [-0.39, 0.29) is 0 Å². The van der Waals surface area contributed by atoms with Gasteiger partial charge in [-0.25, -0.2) is 9.67 Å². The van der Waals surface area contributed by atoms with Gasteiger partial charge in [0.25, 0.3) is 0 Å². The molecule has 29 heavy (non-hydrogen) atoms. The fraction of sp³-hybridized carbons (Fsp3) is 0.200. The predicted molar refractivity (Wildman–Crippen MR) is 114 cm³/mol. The van der Waals surface area contributed by atoms with Crippen molar-refractivity contribution in [1.29, 1.82) is 0 Å². The van der Waals surface area contributed by atoms with Crippen LogP contribution < -0.4 is 9.47 Å². The highest BCUT2D eigenvalue weighted by atomic mass is 32.2. The molecule has 0 spiro atoms.